The number of hydrogen-bond acceptors (Lipinski definition) is 3. The number of benzene rings is 1. The predicted molar refractivity (Wildman–Crippen MR) is 64.9 cm³/mol. The van der Waals surface area contributed by atoms with Gasteiger partial charge in [-0.25, -0.2) is 0 Å². The molecule has 2 N–H and O–H groups in total. The molecule has 0 fully saturated rings. The Kier molecular flexibility index (Phi) is 2.75. The lowest BCUT2D eigenvalue weighted by Gasteiger charge is -2.16. The van der Waals surface area contributed by atoms with Crippen molar-refractivity contribution in [1.29, 1.82) is 0 Å². The van der Waals surface area contributed by atoms with Crippen molar-refractivity contribution in [3.8, 4) is 0 Å². The first kappa shape index (κ1) is 11.8. The molecule has 1 atom stereocenters. The maximum atomic E-state index is 12.2. The van der Waals surface area contributed by atoms with E-state index in [2.05, 4.69) is 0 Å². The van der Waals surface area contributed by atoms with Crippen LogP contribution in [0.15, 0.2) is 12.1 Å². The largest absolute Gasteiger partial charge is 0.326 e. The first-order chi connectivity index (χ1) is 7.93. The Labute approximate surface area is 100 Å². The quantitative estimate of drug-likeness (QED) is 0.780. The summed E-state index contributed by atoms with van der Waals surface area (Å²) in [4.78, 5) is 25.6. The van der Waals surface area contributed by atoms with Crippen LogP contribution in [0.3, 0.4) is 0 Å². The second-order valence-corrected chi connectivity index (χ2v) is 4.65. The van der Waals surface area contributed by atoms with Crippen molar-refractivity contribution in [3.63, 3.8) is 0 Å². The molecule has 0 radical (unpaired) electrons. The molecule has 1 aliphatic rings. The third-order valence-electron chi connectivity index (χ3n) is 3.01. The van der Waals surface area contributed by atoms with Crippen molar-refractivity contribution in [2.24, 2.45) is 5.73 Å². The average molecular weight is 232 g/mol. The number of fused-ring (bicyclic) bond motifs is 1. The second kappa shape index (κ2) is 3.96. The maximum Gasteiger partial charge on any atom is 0.261 e. The van der Waals surface area contributed by atoms with Gasteiger partial charge in [-0.1, -0.05) is 12.1 Å². The molecule has 0 saturated carbocycles. The number of carbonyl (C=O) groups is 2. The van der Waals surface area contributed by atoms with Crippen LogP contribution in [0.2, 0.25) is 0 Å². The molecule has 2 rings (SSSR count). The van der Waals surface area contributed by atoms with E-state index in [0.29, 0.717) is 11.1 Å². The smallest absolute Gasteiger partial charge is 0.261 e. The van der Waals surface area contributed by atoms with Gasteiger partial charge in [-0.2, -0.15) is 0 Å². The number of imide groups is 1. The van der Waals surface area contributed by atoms with Crippen molar-refractivity contribution in [2.45, 2.75) is 26.8 Å². The molecule has 4 heteroatoms. The Morgan fingerprint density at radius 3 is 1.88 bits per heavy atom. The summed E-state index contributed by atoms with van der Waals surface area (Å²) in [5.41, 5.74) is 8.42. The predicted octanol–water partition coefficient (Wildman–Crippen LogP) is 1.25. The standard InChI is InChI=1S/C13H16N2O2/c1-7-4-5-8(2)11-10(7)12(16)15(13(11)17)6-9(3)14/h4-5,9H,6,14H2,1-3H3/t9-/m0/s1. The number of rotatable bonds is 2. The van der Waals surface area contributed by atoms with Gasteiger partial charge in [0, 0.05) is 12.6 Å². The van der Waals surface area contributed by atoms with Gasteiger partial charge in [-0.05, 0) is 31.9 Å². The molecule has 1 aromatic carbocycles. The van der Waals surface area contributed by atoms with Gasteiger partial charge in [0.25, 0.3) is 11.8 Å². The highest BCUT2D eigenvalue weighted by atomic mass is 16.2. The number of hydrogen-bond donors (Lipinski definition) is 1. The summed E-state index contributed by atoms with van der Waals surface area (Å²) in [7, 11) is 0. The third kappa shape index (κ3) is 1.74. The first-order valence-corrected chi connectivity index (χ1v) is 5.65. The summed E-state index contributed by atoms with van der Waals surface area (Å²) in [5.74, 6) is -0.438. The number of carbonyl (C=O) groups excluding carboxylic acids is 2. The van der Waals surface area contributed by atoms with Gasteiger partial charge in [0.1, 0.15) is 0 Å². The molecule has 0 saturated heterocycles. The summed E-state index contributed by atoms with van der Waals surface area (Å²) in [5, 5.41) is 0. The van der Waals surface area contributed by atoms with E-state index >= 15 is 0 Å². The fourth-order valence-electron chi connectivity index (χ4n) is 2.18. The minimum absolute atomic E-state index is 0.210. The van der Waals surface area contributed by atoms with Crippen LogP contribution in [0.25, 0.3) is 0 Å². The summed E-state index contributed by atoms with van der Waals surface area (Å²) in [6.07, 6.45) is 0. The lowest BCUT2D eigenvalue weighted by Crippen LogP contribution is -2.39. The Morgan fingerprint density at radius 2 is 1.53 bits per heavy atom. The van der Waals surface area contributed by atoms with Crippen LogP contribution in [-0.2, 0) is 0 Å². The van der Waals surface area contributed by atoms with Crippen LogP contribution in [0, 0.1) is 13.8 Å². The average Bonchev–Trinajstić information content (AvgIpc) is 2.49. The molecular formula is C13H16N2O2. The van der Waals surface area contributed by atoms with E-state index < -0.39 is 0 Å². The van der Waals surface area contributed by atoms with E-state index in [1.165, 1.54) is 4.90 Å². The second-order valence-electron chi connectivity index (χ2n) is 4.65. The number of aryl methyl sites for hydroxylation is 2. The zero-order valence-electron chi connectivity index (χ0n) is 10.3. The zero-order valence-corrected chi connectivity index (χ0v) is 10.3. The van der Waals surface area contributed by atoms with E-state index in [-0.39, 0.29) is 24.4 Å². The molecule has 1 heterocycles. The highest BCUT2D eigenvalue weighted by molar-refractivity contribution is 6.22. The molecule has 1 aromatic rings. The van der Waals surface area contributed by atoms with Crippen molar-refractivity contribution in [3.05, 3.63) is 34.4 Å². The lowest BCUT2D eigenvalue weighted by atomic mass is 9.99. The van der Waals surface area contributed by atoms with Gasteiger partial charge in [0.05, 0.1) is 11.1 Å². The highest BCUT2D eigenvalue weighted by Gasteiger charge is 2.37. The Bertz CT molecular complexity index is 465. The summed E-state index contributed by atoms with van der Waals surface area (Å²) < 4.78 is 0. The number of nitrogens with zero attached hydrogens (tertiary/aromatic N) is 1. The molecule has 0 aromatic heterocycles. The molecule has 2 amide bonds. The van der Waals surface area contributed by atoms with Crippen molar-refractivity contribution in [1.82, 2.24) is 4.90 Å². The topological polar surface area (TPSA) is 63.4 Å². The maximum absolute atomic E-state index is 12.2. The summed E-state index contributed by atoms with van der Waals surface area (Å²) in [6, 6.07) is 3.53. The molecule has 0 unspecified atom stereocenters. The van der Waals surface area contributed by atoms with E-state index in [1.807, 2.05) is 26.0 Å². The molecule has 0 bridgehead atoms. The monoisotopic (exact) mass is 232 g/mol. The Hall–Kier alpha value is -1.68. The number of amides is 2. The van der Waals surface area contributed by atoms with Crippen LogP contribution in [0.4, 0.5) is 0 Å². The van der Waals surface area contributed by atoms with Crippen LogP contribution in [0.1, 0.15) is 38.8 Å². The first-order valence-electron chi connectivity index (χ1n) is 5.65. The Morgan fingerprint density at radius 1 is 1.12 bits per heavy atom. The van der Waals surface area contributed by atoms with Crippen molar-refractivity contribution >= 4 is 11.8 Å². The van der Waals surface area contributed by atoms with Gasteiger partial charge in [-0.3, -0.25) is 14.5 Å². The van der Waals surface area contributed by atoms with Gasteiger partial charge in [-0.15, -0.1) is 0 Å². The fraction of sp³-hybridized carbons (Fsp3) is 0.385. The molecular weight excluding hydrogens is 216 g/mol. The van der Waals surface area contributed by atoms with Crippen LogP contribution >= 0.6 is 0 Å². The van der Waals surface area contributed by atoms with Gasteiger partial charge >= 0.3 is 0 Å². The van der Waals surface area contributed by atoms with E-state index in [0.717, 1.165) is 11.1 Å². The highest BCUT2D eigenvalue weighted by Crippen LogP contribution is 2.28. The van der Waals surface area contributed by atoms with E-state index in [9.17, 15) is 9.59 Å². The Balaban J connectivity index is 2.53. The summed E-state index contributed by atoms with van der Waals surface area (Å²) >= 11 is 0. The van der Waals surface area contributed by atoms with Crippen LogP contribution < -0.4 is 5.73 Å². The van der Waals surface area contributed by atoms with Gasteiger partial charge in [0.2, 0.25) is 0 Å². The normalized spacial score (nSPS) is 16.4. The molecule has 0 spiro atoms. The fourth-order valence-corrected chi connectivity index (χ4v) is 2.18. The molecule has 4 nitrogen and oxygen atoms in total. The SMILES string of the molecule is Cc1ccc(C)c2c1C(=O)N(C[C@H](C)N)C2=O. The summed E-state index contributed by atoms with van der Waals surface area (Å²) in [6.45, 7) is 5.74. The molecule has 90 valence electrons. The van der Waals surface area contributed by atoms with Gasteiger partial charge < -0.3 is 5.73 Å². The minimum Gasteiger partial charge on any atom is -0.326 e. The van der Waals surface area contributed by atoms with Crippen molar-refractivity contribution in [2.75, 3.05) is 6.54 Å². The van der Waals surface area contributed by atoms with E-state index in [4.69, 9.17) is 5.73 Å². The van der Waals surface area contributed by atoms with Crippen LogP contribution in [-0.4, -0.2) is 29.3 Å². The van der Waals surface area contributed by atoms with Crippen molar-refractivity contribution < 1.29 is 9.59 Å². The molecule has 17 heavy (non-hydrogen) atoms. The minimum atomic E-state index is -0.219. The van der Waals surface area contributed by atoms with Gasteiger partial charge in [0.15, 0.2) is 0 Å². The zero-order chi connectivity index (χ0) is 12.7. The number of nitrogens with two attached hydrogens (primary N) is 1. The lowest BCUT2D eigenvalue weighted by molar-refractivity contribution is 0.0646. The third-order valence-corrected chi connectivity index (χ3v) is 3.01. The molecule has 0 aliphatic carbocycles. The van der Waals surface area contributed by atoms with E-state index in [1.54, 1.807) is 6.92 Å². The molecule has 1 aliphatic heterocycles. The van der Waals surface area contributed by atoms with Crippen LogP contribution in [0.5, 0.6) is 0 Å².